The van der Waals surface area contributed by atoms with Crippen LogP contribution in [0.3, 0.4) is 0 Å². The van der Waals surface area contributed by atoms with E-state index in [1.807, 2.05) is 24.3 Å². The van der Waals surface area contributed by atoms with E-state index in [4.69, 9.17) is 4.74 Å². The van der Waals surface area contributed by atoms with Crippen LogP contribution in [0, 0.1) is 5.82 Å². The van der Waals surface area contributed by atoms with Gasteiger partial charge in [-0.15, -0.1) is 0 Å². The minimum atomic E-state index is -0.550. The Balaban J connectivity index is 1.62. The molecule has 108 valence electrons. The van der Waals surface area contributed by atoms with Crippen molar-refractivity contribution in [3.05, 3.63) is 63.9 Å². The van der Waals surface area contributed by atoms with Gasteiger partial charge in [-0.2, -0.15) is 0 Å². The minimum absolute atomic E-state index is 0.0277. The Morgan fingerprint density at radius 1 is 1.29 bits per heavy atom. The highest BCUT2D eigenvalue weighted by Crippen LogP contribution is 2.27. The molecule has 21 heavy (non-hydrogen) atoms. The maximum Gasteiger partial charge on any atom is 0.254 e. The number of nitrogens with one attached hydrogen (secondary N) is 1. The molecule has 0 saturated heterocycles. The van der Waals surface area contributed by atoms with E-state index < -0.39 is 11.7 Å². The van der Waals surface area contributed by atoms with Gasteiger partial charge in [-0.05, 0) is 39.7 Å². The molecule has 1 atom stereocenters. The van der Waals surface area contributed by atoms with Crippen molar-refractivity contribution >= 4 is 21.8 Å². The number of ether oxygens (including phenoxy) is 1. The zero-order valence-electron chi connectivity index (χ0n) is 11.1. The number of amides is 1. The Morgan fingerprint density at radius 2 is 2.10 bits per heavy atom. The molecule has 2 aromatic rings. The number of fused-ring (bicyclic) bond motifs is 1. The van der Waals surface area contributed by atoms with Gasteiger partial charge in [-0.1, -0.05) is 24.3 Å². The number of hydrogen-bond donors (Lipinski definition) is 1. The molecule has 0 fully saturated rings. The number of halogens is 2. The molecule has 0 bridgehead atoms. The highest BCUT2D eigenvalue weighted by molar-refractivity contribution is 9.10. The van der Waals surface area contributed by atoms with Crippen molar-refractivity contribution in [1.82, 2.24) is 5.32 Å². The van der Waals surface area contributed by atoms with E-state index in [1.54, 1.807) is 12.1 Å². The molecule has 2 aromatic carbocycles. The summed E-state index contributed by atoms with van der Waals surface area (Å²) in [6.07, 6.45) is 0.638. The average Bonchev–Trinajstić information content (AvgIpc) is 2.90. The lowest BCUT2D eigenvalue weighted by Crippen LogP contribution is -2.34. The number of carbonyl (C=O) groups is 1. The van der Waals surface area contributed by atoms with Gasteiger partial charge >= 0.3 is 0 Å². The lowest BCUT2D eigenvalue weighted by molar-refractivity contribution is 0.0929. The van der Waals surface area contributed by atoms with Crippen molar-refractivity contribution in [1.29, 1.82) is 0 Å². The molecule has 1 amide bonds. The Hall–Kier alpha value is -1.88. The first-order valence-electron chi connectivity index (χ1n) is 6.62. The second kappa shape index (κ2) is 5.85. The fraction of sp³-hybridized carbons (Fsp3) is 0.188. The average molecular weight is 350 g/mol. The van der Waals surface area contributed by atoms with Crippen LogP contribution in [0.25, 0.3) is 0 Å². The quantitative estimate of drug-likeness (QED) is 0.922. The molecule has 3 nitrogen and oxygen atoms in total. The molecule has 0 saturated carbocycles. The smallest absolute Gasteiger partial charge is 0.254 e. The van der Waals surface area contributed by atoms with Gasteiger partial charge in [0.15, 0.2) is 0 Å². The van der Waals surface area contributed by atoms with Crippen molar-refractivity contribution in [2.75, 3.05) is 6.54 Å². The number of benzene rings is 2. The molecule has 0 spiro atoms. The first-order chi connectivity index (χ1) is 10.1. The zero-order chi connectivity index (χ0) is 14.8. The summed E-state index contributed by atoms with van der Waals surface area (Å²) < 4.78 is 19.8. The molecule has 0 aliphatic carbocycles. The van der Waals surface area contributed by atoms with Crippen LogP contribution in [0.2, 0.25) is 0 Å². The summed E-state index contributed by atoms with van der Waals surface area (Å²) in [6, 6.07) is 12.4. The fourth-order valence-electron chi connectivity index (χ4n) is 2.35. The largest absolute Gasteiger partial charge is 0.488 e. The lowest BCUT2D eigenvalue weighted by atomic mass is 10.1. The highest BCUT2D eigenvalue weighted by Gasteiger charge is 2.23. The van der Waals surface area contributed by atoms with E-state index in [0.29, 0.717) is 6.54 Å². The van der Waals surface area contributed by atoms with Gasteiger partial charge in [-0.3, -0.25) is 4.79 Å². The van der Waals surface area contributed by atoms with Gasteiger partial charge in [0.1, 0.15) is 17.7 Å². The van der Waals surface area contributed by atoms with Gasteiger partial charge in [-0.25, -0.2) is 4.39 Å². The van der Waals surface area contributed by atoms with Crippen LogP contribution in [0.5, 0.6) is 5.75 Å². The van der Waals surface area contributed by atoms with Crippen molar-refractivity contribution in [2.45, 2.75) is 12.5 Å². The van der Waals surface area contributed by atoms with E-state index in [2.05, 4.69) is 21.2 Å². The summed E-state index contributed by atoms with van der Waals surface area (Å²) in [5.41, 5.74) is 1.16. The Morgan fingerprint density at radius 3 is 2.90 bits per heavy atom. The standard InChI is InChI=1S/C16H13BrFNO2/c17-13-6-3-5-12(15(13)18)16(20)19-9-11-8-10-4-1-2-7-14(10)21-11/h1-7,11H,8-9H2,(H,19,20). The van der Waals surface area contributed by atoms with Crippen molar-refractivity contribution < 1.29 is 13.9 Å². The van der Waals surface area contributed by atoms with Crippen molar-refractivity contribution in [2.24, 2.45) is 0 Å². The minimum Gasteiger partial charge on any atom is -0.488 e. The van der Waals surface area contributed by atoms with E-state index >= 15 is 0 Å². The van der Waals surface area contributed by atoms with E-state index in [9.17, 15) is 9.18 Å². The molecule has 3 rings (SSSR count). The Kier molecular flexibility index (Phi) is 3.92. The van der Waals surface area contributed by atoms with Gasteiger partial charge in [0.2, 0.25) is 0 Å². The van der Waals surface area contributed by atoms with Crippen LogP contribution in [0.15, 0.2) is 46.9 Å². The van der Waals surface area contributed by atoms with E-state index in [1.165, 1.54) is 6.07 Å². The molecule has 0 aromatic heterocycles. The predicted octanol–water partition coefficient (Wildman–Crippen LogP) is 3.32. The van der Waals surface area contributed by atoms with Crippen LogP contribution >= 0.6 is 15.9 Å². The fourth-order valence-corrected chi connectivity index (χ4v) is 2.71. The van der Waals surface area contributed by atoms with E-state index in [0.717, 1.165) is 17.7 Å². The molecule has 1 heterocycles. The van der Waals surface area contributed by atoms with Gasteiger partial charge in [0.05, 0.1) is 16.6 Å². The number of para-hydroxylation sites is 1. The maximum absolute atomic E-state index is 13.8. The monoisotopic (exact) mass is 349 g/mol. The van der Waals surface area contributed by atoms with E-state index in [-0.39, 0.29) is 16.1 Å². The normalized spacial score (nSPS) is 16.2. The van der Waals surface area contributed by atoms with Crippen molar-refractivity contribution in [3.63, 3.8) is 0 Å². The Labute approximate surface area is 130 Å². The first-order valence-corrected chi connectivity index (χ1v) is 7.41. The molecule has 0 radical (unpaired) electrons. The number of carbonyl (C=O) groups excluding carboxylic acids is 1. The molecular formula is C16H13BrFNO2. The van der Waals surface area contributed by atoms with Crippen LogP contribution in [0.4, 0.5) is 4.39 Å². The highest BCUT2D eigenvalue weighted by atomic mass is 79.9. The summed E-state index contributed by atoms with van der Waals surface area (Å²) in [7, 11) is 0. The van der Waals surface area contributed by atoms with Crippen LogP contribution in [0.1, 0.15) is 15.9 Å². The third kappa shape index (κ3) is 2.93. The summed E-state index contributed by atoms with van der Waals surface area (Å²) >= 11 is 3.07. The first kappa shape index (κ1) is 14.1. The lowest BCUT2D eigenvalue weighted by Gasteiger charge is -2.12. The second-order valence-electron chi connectivity index (χ2n) is 4.86. The number of hydrogen-bond acceptors (Lipinski definition) is 2. The SMILES string of the molecule is O=C(NCC1Cc2ccccc2O1)c1cccc(Br)c1F. The molecule has 1 aliphatic heterocycles. The van der Waals surface area contributed by atoms with Gasteiger partial charge in [0, 0.05) is 6.42 Å². The topological polar surface area (TPSA) is 38.3 Å². The van der Waals surface area contributed by atoms with Crippen molar-refractivity contribution in [3.8, 4) is 5.75 Å². The number of rotatable bonds is 3. The second-order valence-corrected chi connectivity index (χ2v) is 5.72. The van der Waals surface area contributed by atoms with Crippen LogP contribution in [-0.2, 0) is 6.42 Å². The summed E-state index contributed by atoms with van der Waals surface area (Å²) in [5, 5.41) is 2.72. The van der Waals surface area contributed by atoms with Crippen LogP contribution in [-0.4, -0.2) is 18.6 Å². The third-order valence-corrected chi connectivity index (χ3v) is 4.01. The molecule has 1 unspecified atom stereocenters. The Bertz CT molecular complexity index is 665. The predicted molar refractivity (Wildman–Crippen MR) is 81.0 cm³/mol. The van der Waals surface area contributed by atoms with Crippen LogP contribution < -0.4 is 10.1 Å². The summed E-state index contributed by atoms with van der Waals surface area (Å²) in [6.45, 7) is 0.347. The maximum atomic E-state index is 13.8. The van der Waals surface area contributed by atoms with Gasteiger partial charge < -0.3 is 10.1 Å². The third-order valence-electron chi connectivity index (χ3n) is 3.40. The molecule has 1 N–H and O–H groups in total. The molecule has 1 aliphatic rings. The summed E-state index contributed by atoms with van der Waals surface area (Å²) in [5.74, 6) is -0.135. The summed E-state index contributed by atoms with van der Waals surface area (Å²) in [4.78, 5) is 12.0. The van der Waals surface area contributed by atoms with Gasteiger partial charge in [0.25, 0.3) is 5.91 Å². The molecular weight excluding hydrogens is 337 g/mol. The molecule has 5 heteroatoms. The zero-order valence-corrected chi connectivity index (χ0v) is 12.7.